The Labute approximate surface area is 153 Å². The molecule has 0 atom stereocenters. The topological polar surface area (TPSA) is 66.5 Å². The molecule has 5 nitrogen and oxygen atoms in total. The Bertz CT molecular complexity index is 882. The molecule has 1 amide bonds. The van der Waals surface area contributed by atoms with E-state index in [4.69, 9.17) is 11.6 Å². The SMILES string of the molecule is CS(=O)(=O)N(CC(=O)Nc1ccc(C(F)(F)F)cc1)c1ccc(Cl)cc1. The molecule has 0 saturated heterocycles. The van der Waals surface area contributed by atoms with Crippen LogP contribution in [0, 0.1) is 0 Å². The van der Waals surface area contributed by atoms with Gasteiger partial charge in [-0.3, -0.25) is 9.10 Å². The molecule has 0 bridgehead atoms. The summed E-state index contributed by atoms with van der Waals surface area (Å²) in [6, 6.07) is 9.66. The lowest BCUT2D eigenvalue weighted by Gasteiger charge is -2.22. The molecule has 26 heavy (non-hydrogen) atoms. The van der Waals surface area contributed by atoms with E-state index in [-0.39, 0.29) is 11.4 Å². The zero-order valence-corrected chi connectivity index (χ0v) is 15.0. The first kappa shape index (κ1) is 20.1. The van der Waals surface area contributed by atoms with Gasteiger partial charge in [0.1, 0.15) is 6.54 Å². The summed E-state index contributed by atoms with van der Waals surface area (Å²) < 4.78 is 62.4. The number of carbonyl (C=O) groups excluding carboxylic acids is 1. The third kappa shape index (κ3) is 5.37. The third-order valence-corrected chi connectivity index (χ3v) is 4.69. The van der Waals surface area contributed by atoms with E-state index in [1.807, 2.05) is 0 Å². The van der Waals surface area contributed by atoms with Crippen LogP contribution in [-0.4, -0.2) is 27.1 Å². The summed E-state index contributed by atoms with van der Waals surface area (Å²) in [7, 11) is -3.76. The molecule has 140 valence electrons. The number of nitrogens with zero attached hydrogens (tertiary/aromatic N) is 1. The molecule has 2 aromatic carbocycles. The normalized spacial score (nSPS) is 11.9. The minimum absolute atomic E-state index is 0.118. The van der Waals surface area contributed by atoms with Crippen molar-refractivity contribution >= 4 is 38.9 Å². The van der Waals surface area contributed by atoms with Crippen molar-refractivity contribution in [2.45, 2.75) is 6.18 Å². The second-order valence-corrected chi connectivity index (χ2v) is 7.71. The molecule has 0 unspecified atom stereocenters. The Morgan fingerprint density at radius 1 is 1.08 bits per heavy atom. The fraction of sp³-hybridized carbons (Fsp3) is 0.188. The van der Waals surface area contributed by atoms with Gasteiger partial charge in [-0.2, -0.15) is 13.2 Å². The molecule has 0 aliphatic carbocycles. The van der Waals surface area contributed by atoms with Crippen molar-refractivity contribution in [1.82, 2.24) is 0 Å². The number of sulfonamides is 1. The van der Waals surface area contributed by atoms with Gasteiger partial charge in [-0.25, -0.2) is 8.42 Å². The zero-order chi connectivity index (χ0) is 19.5. The van der Waals surface area contributed by atoms with Crippen molar-refractivity contribution in [1.29, 1.82) is 0 Å². The summed E-state index contributed by atoms with van der Waals surface area (Å²) in [4.78, 5) is 12.1. The summed E-state index contributed by atoms with van der Waals surface area (Å²) in [5, 5.41) is 2.77. The lowest BCUT2D eigenvalue weighted by molar-refractivity contribution is -0.137. The van der Waals surface area contributed by atoms with Crippen molar-refractivity contribution in [3.05, 3.63) is 59.1 Å². The molecular weight excluding hydrogens is 393 g/mol. The molecule has 0 aliphatic rings. The van der Waals surface area contributed by atoms with Crippen molar-refractivity contribution in [2.24, 2.45) is 0 Å². The van der Waals surface area contributed by atoms with Gasteiger partial charge >= 0.3 is 6.18 Å². The number of halogens is 4. The molecule has 2 rings (SSSR count). The highest BCUT2D eigenvalue weighted by molar-refractivity contribution is 7.92. The minimum atomic E-state index is -4.48. The molecule has 0 fully saturated rings. The summed E-state index contributed by atoms with van der Waals surface area (Å²) >= 11 is 5.76. The van der Waals surface area contributed by atoms with Crippen LogP contribution in [0.25, 0.3) is 0 Å². The minimum Gasteiger partial charge on any atom is -0.325 e. The second kappa shape index (κ2) is 7.55. The molecule has 0 saturated carbocycles. The van der Waals surface area contributed by atoms with Gasteiger partial charge in [0.05, 0.1) is 17.5 Å². The number of carbonyl (C=O) groups is 1. The van der Waals surface area contributed by atoms with Crippen LogP contribution >= 0.6 is 11.6 Å². The predicted octanol–water partition coefficient (Wildman–Crippen LogP) is 3.76. The maximum atomic E-state index is 12.5. The highest BCUT2D eigenvalue weighted by Gasteiger charge is 2.30. The molecular formula is C16H14ClF3N2O3S. The molecule has 0 aliphatic heterocycles. The number of hydrogen-bond donors (Lipinski definition) is 1. The zero-order valence-electron chi connectivity index (χ0n) is 13.4. The standard InChI is InChI=1S/C16H14ClF3N2O3S/c1-26(24,25)22(14-8-4-12(17)5-9-14)10-15(23)21-13-6-2-11(3-7-13)16(18,19)20/h2-9H,10H2,1H3,(H,21,23). The molecule has 0 spiro atoms. The Hall–Kier alpha value is -2.26. The molecule has 2 aromatic rings. The van der Waals surface area contributed by atoms with Crippen molar-refractivity contribution in [2.75, 3.05) is 22.4 Å². The van der Waals surface area contributed by atoms with Gasteiger partial charge in [0.2, 0.25) is 15.9 Å². The number of benzene rings is 2. The number of rotatable bonds is 5. The van der Waals surface area contributed by atoms with E-state index in [9.17, 15) is 26.4 Å². The number of anilines is 2. The van der Waals surface area contributed by atoms with Gasteiger partial charge in [0.15, 0.2) is 0 Å². The molecule has 0 heterocycles. The van der Waals surface area contributed by atoms with Gasteiger partial charge in [-0.1, -0.05) is 11.6 Å². The number of alkyl halides is 3. The Kier molecular flexibility index (Phi) is 5.82. The van der Waals surface area contributed by atoms with Crippen LogP contribution in [0.15, 0.2) is 48.5 Å². The van der Waals surface area contributed by atoms with Gasteiger partial charge in [-0.15, -0.1) is 0 Å². The lowest BCUT2D eigenvalue weighted by Crippen LogP contribution is -2.37. The first-order valence-corrected chi connectivity index (χ1v) is 9.40. The van der Waals surface area contributed by atoms with Crippen LogP contribution in [0.4, 0.5) is 24.5 Å². The Morgan fingerprint density at radius 3 is 2.08 bits per heavy atom. The van der Waals surface area contributed by atoms with Crippen LogP contribution in [0.1, 0.15) is 5.56 Å². The molecule has 10 heteroatoms. The predicted molar refractivity (Wildman–Crippen MR) is 93.7 cm³/mol. The van der Waals surface area contributed by atoms with E-state index >= 15 is 0 Å². The van der Waals surface area contributed by atoms with E-state index in [0.717, 1.165) is 34.8 Å². The van der Waals surface area contributed by atoms with Crippen LogP contribution in [0.3, 0.4) is 0 Å². The van der Waals surface area contributed by atoms with Crippen LogP contribution in [0.5, 0.6) is 0 Å². The highest BCUT2D eigenvalue weighted by Crippen LogP contribution is 2.29. The average molecular weight is 407 g/mol. The summed E-state index contributed by atoms with van der Waals surface area (Å²) in [5.41, 5.74) is -0.499. The molecule has 0 aromatic heterocycles. The highest BCUT2D eigenvalue weighted by atomic mass is 35.5. The van der Waals surface area contributed by atoms with E-state index in [1.165, 1.54) is 24.3 Å². The van der Waals surface area contributed by atoms with Crippen molar-refractivity contribution in [3.8, 4) is 0 Å². The molecule has 1 N–H and O–H groups in total. The number of hydrogen-bond acceptors (Lipinski definition) is 3. The maximum absolute atomic E-state index is 12.5. The van der Waals surface area contributed by atoms with Gasteiger partial charge < -0.3 is 5.32 Å². The van der Waals surface area contributed by atoms with Gasteiger partial charge in [-0.05, 0) is 48.5 Å². The van der Waals surface area contributed by atoms with E-state index in [2.05, 4.69) is 5.32 Å². The first-order valence-electron chi connectivity index (χ1n) is 7.17. The summed E-state index contributed by atoms with van der Waals surface area (Å²) in [5.74, 6) is -0.704. The second-order valence-electron chi connectivity index (χ2n) is 5.37. The smallest absolute Gasteiger partial charge is 0.325 e. The molecule has 0 radical (unpaired) electrons. The van der Waals surface area contributed by atoms with E-state index in [1.54, 1.807) is 0 Å². The summed E-state index contributed by atoms with van der Waals surface area (Å²) in [6.45, 7) is -0.540. The van der Waals surface area contributed by atoms with Crippen molar-refractivity contribution < 1.29 is 26.4 Å². The first-order chi connectivity index (χ1) is 12.0. The quantitative estimate of drug-likeness (QED) is 0.822. The van der Waals surface area contributed by atoms with Gasteiger partial charge in [0.25, 0.3) is 0 Å². The van der Waals surface area contributed by atoms with Gasteiger partial charge in [0, 0.05) is 10.7 Å². The number of nitrogens with one attached hydrogen (secondary N) is 1. The van der Waals surface area contributed by atoms with Crippen molar-refractivity contribution in [3.63, 3.8) is 0 Å². The lowest BCUT2D eigenvalue weighted by atomic mass is 10.2. The fourth-order valence-electron chi connectivity index (χ4n) is 2.08. The van der Waals surface area contributed by atoms with Crippen LogP contribution < -0.4 is 9.62 Å². The maximum Gasteiger partial charge on any atom is 0.416 e. The third-order valence-electron chi connectivity index (χ3n) is 3.30. The van der Waals surface area contributed by atoms with E-state index < -0.39 is 34.2 Å². The van der Waals surface area contributed by atoms with E-state index in [0.29, 0.717) is 5.02 Å². The van der Waals surface area contributed by atoms with Crippen LogP contribution in [0.2, 0.25) is 5.02 Å². The monoisotopic (exact) mass is 406 g/mol. The summed E-state index contributed by atoms with van der Waals surface area (Å²) in [6.07, 6.45) is -3.54. The largest absolute Gasteiger partial charge is 0.416 e. The number of amides is 1. The Balaban J connectivity index is 2.14. The fourth-order valence-corrected chi connectivity index (χ4v) is 3.06. The average Bonchev–Trinajstić information content (AvgIpc) is 2.52. The Morgan fingerprint density at radius 2 is 1.62 bits per heavy atom. The van der Waals surface area contributed by atoms with Crippen LogP contribution in [-0.2, 0) is 21.0 Å².